The van der Waals surface area contributed by atoms with Crippen molar-refractivity contribution in [3.63, 3.8) is 0 Å². The smallest absolute Gasteiger partial charge is 0.214 e. The zero-order chi connectivity index (χ0) is 8.39. The van der Waals surface area contributed by atoms with Gasteiger partial charge in [-0.05, 0) is 18.9 Å². The summed E-state index contributed by atoms with van der Waals surface area (Å²) in [5, 5.41) is 0. The maximum absolute atomic E-state index is 12.7. The molecule has 0 N–H and O–H groups in total. The maximum atomic E-state index is 12.7. The number of aromatic nitrogens is 1. The standard InChI is InChI=1S/C9H11FN2/c10-9-7-8(3-4-11-9)12-5-1-2-6-12/h3-4,7H,1-2,5-6H2. The Morgan fingerprint density at radius 2 is 2.08 bits per heavy atom. The van der Waals surface area contributed by atoms with Crippen LogP contribution in [0.15, 0.2) is 18.3 Å². The van der Waals surface area contributed by atoms with Crippen LogP contribution in [-0.2, 0) is 0 Å². The van der Waals surface area contributed by atoms with Gasteiger partial charge in [-0.15, -0.1) is 0 Å². The molecule has 1 aliphatic rings. The molecule has 2 nitrogen and oxygen atoms in total. The molecule has 0 unspecified atom stereocenters. The summed E-state index contributed by atoms with van der Waals surface area (Å²) < 4.78 is 12.7. The van der Waals surface area contributed by atoms with E-state index in [2.05, 4.69) is 9.88 Å². The Balaban J connectivity index is 2.21. The van der Waals surface area contributed by atoms with Gasteiger partial charge >= 0.3 is 0 Å². The van der Waals surface area contributed by atoms with E-state index in [1.54, 1.807) is 0 Å². The summed E-state index contributed by atoms with van der Waals surface area (Å²) in [7, 11) is 0. The molecule has 0 bridgehead atoms. The van der Waals surface area contributed by atoms with Crippen LogP contribution in [0, 0.1) is 5.95 Å². The Hall–Kier alpha value is -1.12. The van der Waals surface area contributed by atoms with E-state index in [9.17, 15) is 4.39 Å². The van der Waals surface area contributed by atoms with E-state index in [-0.39, 0.29) is 5.95 Å². The number of rotatable bonds is 1. The molecule has 2 rings (SSSR count). The second-order valence-electron chi connectivity index (χ2n) is 3.03. The second-order valence-corrected chi connectivity index (χ2v) is 3.03. The van der Waals surface area contributed by atoms with Gasteiger partial charge in [-0.25, -0.2) is 4.98 Å². The van der Waals surface area contributed by atoms with Crippen LogP contribution in [0.1, 0.15) is 12.8 Å². The molecule has 12 heavy (non-hydrogen) atoms. The largest absolute Gasteiger partial charge is 0.371 e. The minimum Gasteiger partial charge on any atom is -0.371 e. The SMILES string of the molecule is Fc1cc(N2CCCC2)ccn1. The molecule has 0 spiro atoms. The van der Waals surface area contributed by atoms with E-state index in [1.807, 2.05) is 6.07 Å². The number of hydrogen-bond donors (Lipinski definition) is 0. The van der Waals surface area contributed by atoms with Crippen molar-refractivity contribution in [2.75, 3.05) is 18.0 Å². The molecule has 1 fully saturated rings. The Morgan fingerprint density at radius 1 is 1.33 bits per heavy atom. The lowest BCUT2D eigenvalue weighted by Crippen LogP contribution is -2.17. The van der Waals surface area contributed by atoms with Crippen molar-refractivity contribution in [2.45, 2.75) is 12.8 Å². The lowest BCUT2D eigenvalue weighted by atomic mass is 10.3. The van der Waals surface area contributed by atoms with Crippen LogP contribution < -0.4 is 4.90 Å². The van der Waals surface area contributed by atoms with Gasteiger partial charge in [0.2, 0.25) is 5.95 Å². The first kappa shape index (κ1) is 7.53. The molecular weight excluding hydrogens is 155 g/mol. The lowest BCUT2D eigenvalue weighted by molar-refractivity contribution is 0.583. The van der Waals surface area contributed by atoms with Crippen LogP contribution in [0.25, 0.3) is 0 Å². The highest BCUT2D eigenvalue weighted by Gasteiger charge is 2.12. The van der Waals surface area contributed by atoms with Gasteiger partial charge in [0.05, 0.1) is 0 Å². The number of nitrogens with zero attached hydrogens (tertiary/aromatic N) is 2. The van der Waals surface area contributed by atoms with Crippen LogP contribution in [0.5, 0.6) is 0 Å². The fourth-order valence-corrected chi connectivity index (χ4v) is 1.56. The van der Waals surface area contributed by atoms with Crippen LogP contribution >= 0.6 is 0 Å². The van der Waals surface area contributed by atoms with E-state index >= 15 is 0 Å². The molecule has 1 aliphatic heterocycles. The predicted octanol–water partition coefficient (Wildman–Crippen LogP) is 1.82. The van der Waals surface area contributed by atoms with Crippen LogP contribution in [0.4, 0.5) is 10.1 Å². The first-order valence-electron chi connectivity index (χ1n) is 4.23. The third-order valence-electron chi connectivity index (χ3n) is 2.18. The average molecular weight is 166 g/mol. The maximum Gasteiger partial charge on any atom is 0.214 e. The molecule has 64 valence electrons. The topological polar surface area (TPSA) is 16.1 Å². The Morgan fingerprint density at radius 3 is 2.75 bits per heavy atom. The van der Waals surface area contributed by atoms with Gasteiger partial charge in [0.15, 0.2) is 0 Å². The van der Waals surface area contributed by atoms with Crippen molar-refractivity contribution < 1.29 is 4.39 Å². The van der Waals surface area contributed by atoms with Crippen molar-refractivity contribution in [3.8, 4) is 0 Å². The fraction of sp³-hybridized carbons (Fsp3) is 0.444. The van der Waals surface area contributed by atoms with E-state index in [0.29, 0.717) is 0 Å². The summed E-state index contributed by atoms with van der Waals surface area (Å²) in [6.07, 6.45) is 3.94. The average Bonchev–Trinajstić information content (AvgIpc) is 2.56. The monoisotopic (exact) mass is 166 g/mol. The molecule has 0 radical (unpaired) electrons. The van der Waals surface area contributed by atoms with Gasteiger partial charge in [-0.3, -0.25) is 0 Å². The normalized spacial score (nSPS) is 16.9. The summed E-state index contributed by atoms with van der Waals surface area (Å²) in [5.41, 5.74) is 0.958. The van der Waals surface area contributed by atoms with Crippen LogP contribution in [0.2, 0.25) is 0 Å². The van der Waals surface area contributed by atoms with Gasteiger partial charge in [0.25, 0.3) is 0 Å². The van der Waals surface area contributed by atoms with Crippen molar-refractivity contribution >= 4 is 5.69 Å². The highest BCUT2D eigenvalue weighted by Crippen LogP contribution is 2.19. The molecule has 1 aromatic rings. The second kappa shape index (κ2) is 3.09. The van der Waals surface area contributed by atoms with Gasteiger partial charge in [-0.1, -0.05) is 0 Å². The molecule has 0 aliphatic carbocycles. The van der Waals surface area contributed by atoms with Gasteiger partial charge in [0.1, 0.15) is 0 Å². The molecule has 2 heterocycles. The minimum absolute atomic E-state index is 0.389. The van der Waals surface area contributed by atoms with Crippen LogP contribution in [0.3, 0.4) is 0 Å². The van der Waals surface area contributed by atoms with Gasteiger partial charge in [0, 0.05) is 31.0 Å². The summed E-state index contributed by atoms with van der Waals surface area (Å²) in [6, 6.07) is 3.35. The zero-order valence-corrected chi connectivity index (χ0v) is 6.83. The molecule has 0 aromatic carbocycles. The first-order chi connectivity index (χ1) is 5.86. The minimum atomic E-state index is -0.389. The summed E-state index contributed by atoms with van der Waals surface area (Å²) in [4.78, 5) is 5.70. The fourth-order valence-electron chi connectivity index (χ4n) is 1.56. The van der Waals surface area contributed by atoms with E-state index in [0.717, 1.165) is 18.8 Å². The number of anilines is 1. The summed E-state index contributed by atoms with van der Waals surface area (Å²) in [6.45, 7) is 2.09. The molecule has 3 heteroatoms. The Bertz CT molecular complexity index is 269. The quantitative estimate of drug-likeness (QED) is 0.591. The molecule has 0 atom stereocenters. The predicted molar refractivity (Wildman–Crippen MR) is 45.6 cm³/mol. The Kier molecular flexibility index (Phi) is 1.94. The third kappa shape index (κ3) is 1.40. The van der Waals surface area contributed by atoms with Gasteiger partial charge in [-0.2, -0.15) is 4.39 Å². The molecular formula is C9H11FN2. The number of hydrogen-bond acceptors (Lipinski definition) is 2. The van der Waals surface area contributed by atoms with E-state index < -0.39 is 0 Å². The van der Waals surface area contributed by atoms with Crippen molar-refractivity contribution in [3.05, 3.63) is 24.3 Å². The lowest BCUT2D eigenvalue weighted by Gasteiger charge is -2.16. The Labute approximate surface area is 71.0 Å². The van der Waals surface area contributed by atoms with Crippen molar-refractivity contribution in [1.29, 1.82) is 0 Å². The third-order valence-corrected chi connectivity index (χ3v) is 2.18. The van der Waals surface area contributed by atoms with Crippen molar-refractivity contribution in [2.24, 2.45) is 0 Å². The van der Waals surface area contributed by atoms with E-state index in [4.69, 9.17) is 0 Å². The molecule has 1 saturated heterocycles. The molecule has 0 amide bonds. The number of halogens is 1. The summed E-state index contributed by atoms with van der Waals surface area (Å²) >= 11 is 0. The highest BCUT2D eigenvalue weighted by molar-refractivity contribution is 5.45. The van der Waals surface area contributed by atoms with Gasteiger partial charge < -0.3 is 4.90 Å². The molecule has 0 saturated carbocycles. The highest BCUT2D eigenvalue weighted by atomic mass is 19.1. The van der Waals surface area contributed by atoms with Crippen LogP contribution in [-0.4, -0.2) is 18.1 Å². The summed E-state index contributed by atoms with van der Waals surface area (Å²) in [5.74, 6) is -0.389. The van der Waals surface area contributed by atoms with Crippen molar-refractivity contribution in [1.82, 2.24) is 4.98 Å². The van der Waals surface area contributed by atoms with E-state index in [1.165, 1.54) is 25.1 Å². The zero-order valence-electron chi connectivity index (χ0n) is 6.83. The number of pyridine rings is 1. The first-order valence-corrected chi connectivity index (χ1v) is 4.23. The molecule has 1 aromatic heterocycles.